The van der Waals surface area contributed by atoms with Gasteiger partial charge in [-0.1, -0.05) is 11.6 Å². The summed E-state index contributed by atoms with van der Waals surface area (Å²) in [6.07, 6.45) is 2.85. The summed E-state index contributed by atoms with van der Waals surface area (Å²) >= 11 is 6.24. The van der Waals surface area contributed by atoms with Gasteiger partial charge in [-0.3, -0.25) is 4.79 Å². The fourth-order valence-electron chi connectivity index (χ4n) is 3.81. The molecule has 10 nitrogen and oxygen atoms in total. The summed E-state index contributed by atoms with van der Waals surface area (Å²) in [6, 6.07) is 4.07. The fourth-order valence-corrected chi connectivity index (χ4v) is 4.02. The first-order valence-corrected chi connectivity index (χ1v) is 11.1. The molecule has 0 saturated carbocycles. The van der Waals surface area contributed by atoms with E-state index in [9.17, 15) is 18.8 Å². The van der Waals surface area contributed by atoms with Gasteiger partial charge in [0.05, 0.1) is 10.7 Å². The van der Waals surface area contributed by atoms with Crippen LogP contribution in [0.5, 0.6) is 11.5 Å². The minimum atomic E-state index is -0.795. The molecule has 2 N–H and O–H groups in total. The van der Waals surface area contributed by atoms with E-state index >= 15 is 0 Å². The summed E-state index contributed by atoms with van der Waals surface area (Å²) in [5.74, 6) is -0.568. The van der Waals surface area contributed by atoms with E-state index in [4.69, 9.17) is 21.1 Å². The van der Waals surface area contributed by atoms with Crippen molar-refractivity contribution >= 4 is 41.1 Å². The first kappa shape index (κ1) is 23.7. The molecule has 0 spiro atoms. The Labute approximate surface area is 200 Å². The number of carbonyl (C=O) groups is 3. The smallest absolute Gasteiger partial charge is 0.330 e. The highest BCUT2D eigenvalue weighted by molar-refractivity contribution is 6.32. The average Bonchev–Trinajstić information content (AvgIpc) is 3.19. The molecule has 0 radical (unpaired) electrons. The molecular formula is C22H23ClFN5O5. The van der Waals surface area contributed by atoms with Gasteiger partial charge in [0, 0.05) is 57.6 Å². The van der Waals surface area contributed by atoms with Crippen molar-refractivity contribution in [2.75, 3.05) is 36.9 Å². The van der Waals surface area contributed by atoms with Crippen LogP contribution in [0.15, 0.2) is 30.5 Å². The zero-order valence-electron chi connectivity index (χ0n) is 18.3. The minimum absolute atomic E-state index is 0.0000760. The largest absolute Gasteiger partial charge is 0.455 e. The fraction of sp³-hybridized carbons (Fsp3) is 0.364. The molecule has 12 heteroatoms. The van der Waals surface area contributed by atoms with Crippen molar-refractivity contribution in [2.45, 2.75) is 25.8 Å². The topological polar surface area (TPSA) is 113 Å². The number of benzene rings is 1. The third-order valence-corrected chi connectivity index (χ3v) is 5.74. The monoisotopic (exact) mass is 491 g/mol. The second-order valence-electron chi connectivity index (χ2n) is 7.82. The molecular weight excluding hydrogens is 469 g/mol. The average molecular weight is 492 g/mol. The van der Waals surface area contributed by atoms with Crippen LogP contribution >= 0.6 is 11.6 Å². The van der Waals surface area contributed by atoms with Gasteiger partial charge in [-0.25, -0.2) is 23.9 Å². The van der Waals surface area contributed by atoms with E-state index in [-0.39, 0.29) is 46.5 Å². The third-order valence-electron chi connectivity index (χ3n) is 5.44. The number of urea groups is 2. The molecule has 3 heterocycles. The number of imide groups is 1. The molecule has 34 heavy (non-hydrogen) atoms. The van der Waals surface area contributed by atoms with E-state index in [2.05, 4.69) is 15.6 Å². The van der Waals surface area contributed by atoms with Gasteiger partial charge in [-0.2, -0.15) is 0 Å². The van der Waals surface area contributed by atoms with Crippen molar-refractivity contribution in [3.8, 4) is 11.5 Å². The Morgan fingerprint density at radius 3 is 2.71 bits per heavy atom. The number of nitrogens with zero attached hydrogens (tertiary/aromatic N) is 3. The second kappa shape index (κ2) is 10.2. The van der Waals surface area contributed by atoms with E-state index < -0.39 is 17.9 Å². The van der Waals surface area contributed by atoms with Crippen LogP contribution in [-0.2, 0) is 9.53 Å². The summed E-state index contributed by atoms with van der Waals surface area (Å²) in [6.45, 7) is 3.11. The summed E-state index contributed by atoms with van der Waals surface area (Å²) in [5, 5.41) is 4.96. The Bertz CT molecular complexity index is 1110. The standard InChI is InChI=1S/C22H23ClFN5O5/c1-13(30)26-20-10-15(2-5-25-20)34-19-12-17(24)18(11-16(19)23)27-21(31)29-7-6-28(22(29)32)14-3-8-33-9-4-14/h2,5,10-12,14H,3-4,6-9H2,1H3,(H,27,31)(H,25,26,30). The molecule has 0 aliphatic carbocycles. The zero-order valence-corrected chi connectivity index (χ0v) is 19.1. The van der Waals surface area contributed by atoms with Crippen LogP contribution in [0.3, 0.4) is 0 Å². The molecule has 2 aromatic rings. The van der Waals surface area contributed by atoms with Crippen LogP contribution in [0.1, 0.15) is 19.8 Å². The number of aromatic nitrogens is 1. The van der Waals surface area contributed by atoms with Gasteiger partial charge in [0.1, 0.15) is 17.3 Å². The van der Waals surface area contributed by atoms with Gasteiger partial charge >= 0.3 is 12.1 Å². The van der Waals surface area contributed by atoms with Gasteiger partial charge in [0.2, 0.25) is 5.91 Å². The maximum absolute atomic E-state index is 14.7. The molecule has 0 atom stereocenters. The Hall–Kier alpha value is -3.44. The molecule has 2 saturated heterocycles. The molecule has 4 rings (SSSR count). The van der Waals surface area contributed by atoms with Crippen molar-refractivity contribution in [1.29, 1.82) is 0 Å². The van der Waals surface area contributed by atoms with E-state index in [0.29, 0.717) is 19.8 Å². The molecule has 1 aromatic carbocycles. The normalized spacial score (nSPS) is 16.5. The van der Waals surface area contributed by atoms with Gasteiger partial charge in [0.15, 0.2) is 5.82 Å². The number of carbonyl (C=O) groups excluding carboxylic acids is 3. The van der Waals surface area contributed by atoms with Crippen molar-refractivity contribution in [3.63, 3.8) is 0 Å². The van der Waals surface area contributed by atoms with Crippen LogP contribution < -0.4 is 15.4 Å². The number of hydrogen-bond donors (Lipinski definition) is 2. The Kier molecular flexibility index (Phi) is 7.13. The lowest BCUT2D eigenvalue weighted by Gasteiger charge is -2.30. The highest BCUT2D eigenvalue weighted by atomic mass is 35.5. The summed E-state index contributed by atoms with van der Waals surface area (Å²) < 4.78 is 25.7. The number of ether oxygens (including phenoxy) is 2. The van der Waals surface area contributed by atoms with Gasteiger partial charge in [-0.15, -0.1) is 0 Å². The van der Waals surface area contributed by atoms with Crippen LogP contribution in [0, 0.1) is 5.82 Å². The molecule has 2 fully saturated rings. The number of anilines is 2. The van der Waals surface area contributed by atoms with Crippen molar-refractivity contribution in [3.05, 3.63) is 41.3 Å². The van der Waals surface area contributed by atoms with Crippen molar-refractivity contribution in [2.24, 2.45) is 0 Å². The number of rotatable bonds is 5. The Balaban J connectivity index is 1.42. The van der Waals surface area contributed by atoms with E-state index in [1.165, 1.54) is 31.3 Å². The van der Waals surface area contributed by atoms with Crippen molar-refractivity contribution in [1.82, 2.24) is 14.8 Å². The molecule has 1 aromatic heterocycles. The zero-order chi connectivity index (χ0) is 24.2. The SMILES string of the molecule is CC(=O)Nc1cc(Oc2cc(F)c(NC(=O)N3CCN(C4CCOCC4)C3=O)cc2Cl)ccn1. The number of halogens is 2. The summed E-state index contributed by atoms with van der Waals surface area (Å²) in [5.41, 5.74) is -0.187. The maximum atomic E-state index is 14.7. The summed E-state index contributed by atoms with van der Waals surface area (Å²) in [4.78, 5) is 43.3. The van der Waals surface area contributed by atoms with Crippen LogP contribution in [0.4, 0.5) is 25.5 Å². The van der Waals surface area contributed by atoms with Crippen LogP contribution in [-0.4, -0.2) is 65.1 Å². The third kappa shape index (κ3) is 5.37. The predicted molar refractivity (Wildman–Crippen MR) is 122 cm³/mol. The van der Waals surface area contributed by atoms with E-state index in [1.807, 2.05) is 0 Å². The van der Waals surface area contributed by atoms with Gasteiger partial charge in [0.25, 0.3) is 0 Å². The molecule has 2 aliphatic rings. The lowest BCUT2D eigenvalue weighted by atomic mass is 10.1. The lowest BCUT2D eigenvalue weighted by Crippen LogP contribution is -2.44. The molecule has 2 aliphatic heterocycles. The second-order valence-corrected chi connectivity index (χ2v) is 8.23. The van der Waals surface area contributed by atoms with Gasteiger partial charge < -0.3 is 25.0 Å². The highest BCUT2D eigenvalue weighted by Gasteiger charge is 2.37. The molecule has 5 amide bonds. The number of nitrogens with one attached hydrogen (secondary N) is 2. The first-order chi connectivity index (χ1) is 16.3. The lowest BCUT2D eigenvalue weighted by molar-refractivity contribution is -0.114. The highest BCUT2D eigenvalue weighted by Crippen LogP contribution is 2.34. The molecule has 180 valence electrons. The quantitative estimate of drug-likeness (QED) is 0.651. The van der Waals surface area contributed by atoms with Crippen molar-refractivity contribution < 1.29 is 28.2 Å². The van der Waals surface area contributed by atoms with E-state index in [1.54, 1.807) is 4.90 Å². The number of hydrogen-bond acceptors (Lipinski definition) is 6. The molecule has 0 bridgehead atoms. The Morgan fingerprint density at radius 2 is 1.97 bits per heavy atom. The van der Waals surface area contributed by atoms with E-state index in [0.717, 1.165) is 23.8 Å². The summed E-state index contributed by atoms with van der Waals surface area (Å²) in [7, 11) is 0. The van der Waals surface area contributed by atoms with Crippen LogP contribution in [0.25, 0.3) is 0 Å². The predicted octanol–water partition coefficient (Wildman–Crippen LogP) is 4.07. The number of pyridine rings is 1. The molecule has 0 unspecified atom stereocenters. The van der Waals surface area contributed by atoms with Gasteiger partial charge in [-0.05, 0) is 25.0 Å². The Morgan fingerprint density at radius 1 is 1.21 bits per heavy atom. The minimum Gasteiger partial charge on any atom is -0.455 e. The first-order valence-electron chi connectivity index (χ1n) is 10.7. The maximum Gasteiger partial charge on any atom is 0.330 e. The van der Waals surface area contributed by atoms with Crippen LogP contribution in [0.2, 0.25) is 5.02 Å². The number of amides is 5.